The monoisotopic (exact) mass is 344 g/mol. The topological polar surface area (TPSA) is 52.6 Å². The van der Waals surface area contributed by atoms with Crippen LogP contribution >= 0.6 is 0 Å². The average Bonchev–Trinajstić information content (AvgIpc) is 2.47. The van der Waals surface area contributed by atoms with Gasteiger partial charge in [-0.2, -0.15) is 8.78 Å². The molecule has 136 valence electrons. The first kappa shape index (κ1) is 21.7. The Morgan fingerprint density at radius 2 is 1.48 bits per heavy atom. The summed E-state index contributed by atoms with van der Waals surface area (Å²) in [5.74, 6) is -6.71. The Bertz CT molecular complexity index is 384. The van der Waals surface area contributed by atoms with E-state index < -0.39 is 36.3 Å². The molecule has 0 saturated carbocycles. The summed E-state index contributed by atoms with van der Waals surface area (Å²) in [6.45, 7) is 2.65. The lowest BCUT2D eigenvalue weighted by Gasteiger charge is -2.22. The predicted molar refractivity (Wildman–Crippen MR) is 75.4 cm³/mol. The maximum absolute atomic E-state index is 12.7. The van der Waals surface area contributed by atoms with Crippen LogP contribution in [0.25, 0.3) is 0 Å². The van der Waals surface area contributed by atoms with Crippen molar-refractivity contribution in [3.8, 4) is 0 Å². The molecule has 0 unspecified atom stereocenters. The van der Waals surface area contributed by atoms with Gasteiger partial charge in [0.15, 0.2) is 12.0 Å². The number of carbonyl (C=O) groups is 2. The Balaban J connectivity index is 4.27. The molecule has 0 aromatic heterocycles. The van der Waals surface area contributed by atoms with E-state index in [4.69, 9.17) is 4.74 Å². The number of esters is 2. The third-order valence-electron chi connectivity index (χ3n) is 3.22. The fourth-order valence-corrected chi connectivity index (χ4v) is 1.54. The fourth-order valence-electron chi connectivity index (χ4n) is 1.54. The Morgan fingerprint density at radius 3 is 2.00 bits per heavy atom. The predicted octanol–water partition coefficient (Wildman–Crippen LogP) is 3.97. The summed E-state index contributed by atoms with van der Waals surface area (Å²) >= 11 is 0. The van der Waals surface area contributed by atoms with Gasteiger partial charge in [-0.25, -0.2) is 8.78 Å². The zero-order valence-electron chi connectivity index (χ0n) is 13.7. The van der Waals surface area contributed by atoms with Gasteiger partial charge in [-0.3, -0.25) is 9.59 Å². The summed E-state index contributed by atoms with van der Waals surface area (Å²) < 4.78 is 58.4. The molecule has 0 atom stereocenters. The van der Waals surface area contributed by atoms with Crippen molar-refractivity contribution in [1.82, 2.24) is 0 Å². The van der Waals surface area contributed by atoms with Crippen LogP contribution in [0.2, 0.25) is 0 Å². The van der Waals surface area contributed by atoms with Crippen molar-refractivity contribution in [3.63, 3.8) is 0 Å². The summed E-state index contributed by atoms with van der Waals surface area (Å²) in [6, 6.07) is 0. The number of rotatable bonds is 11. The van der Waals surface area contributed by atoms with Gasteiger partial charge >= 0.3 is 24.3 Å². The van der Waals surface area contributed by atoms with Gasteiger partial charge in [-0.1, -0.05) is 32.6 Å². The molecule has 0 heterocycles. The molecule has 0 aliphatic heterocycles. The number of halogens is 4. The molecule has 0 aliphatic carbocycles. The number of carbonyl (C=O) groups excluding carboxylic acids is 2. The summed E-state index contributed by atoms with van der Waals surface area (Å²) in [7, 11) is 0. The van der Waals surface area contributed by atoms with E-state index in [1.165, 1.54) is 0 Å². The number of unbranched alkanes of at least 4 members (excludes halogenated alkanes) is 4. The molecule has 0 radical (unpaired) electrons. The van der Waals surface area contributed by atoms with Crippen molar-refractivity contribution in [3.05, 3.63) is 0 Å². The smallest absolute Gasteiger partial charge is 0.340 e. The average molecular weight is 344 g/mol. The molecule has 0 rings (SSSR count). The molecule has 4 nitrogen and oxygen atoms in total. The fraction of sp³-hybridized carbons (Fsp3) is 0.867. The highest BCUT2D eigenvalue weighted by Crippen LogP contribution is 2.26. The van der Waals surface area contributed by atoms with Crippen LogP contribution < -0.4 is 0 Å². The Labute approximate surface area is 133 Å². The highest BCUT2D eigenvalue weighted by atomic mass is 19.3. The van der Waals surface area contributed by atoms with E-state index in [-0.39, 0.29) is 6.61 Å². The summed E-state index contributed by atoms with van der Waals surface area (Å²) in [5, 5.41) is 0. The van der Waals surface area contributed by atoms with Crippen LogP contribution in [0.4, 0.5) is 17.6 Å². The molecule has 0 amide bonds. The van der Waals surface area contributed by atoms with Crippen LogP contribution in [0.15, 0.2) is 0 Å². The van der Waals surface area contributed by atoms with E-state index in [9.17, 15) is 27.2 Å². The first-order chi connectivity index (χ1) is 10.6. The van der Waals surface area contributed by atoms with E-state index in [1.807, 2.05) is 0 Å². The van der Waals surface area contributed by atoms with Gasteiger partial charge in [0.25, 0.3) is 0 Å². The quantitative estimate of drug-likeness (QED) is 0.246. The van der Waals surface area contributed by atoms with Gasteiger partial charge in [-0.15, -0.1) is 0 Å². The van der Waals surface area contributed by atoms with Crippen molar-refractivity contribution in [2.75, 3.05) is 13.2 Å². The molecule has 0 aromatic rings. The third kappa shape index (κ3) is 7.65. The summed E-state index contributed by atoms with van der Waals surface area (Å²) in [5.41, 5.74) is -1.83. The standard InChI is InChI=1S/C15H24F4O4/c1-4-5-6-7-8-9-22-12(20)14(2,3)13(21)23-10-15(18,19)11(16)17/h11H,4-10H2,1-3H3. The number of hydrogen-bond donors (Lipinski definition) is 0. The van der Waals surface area contributed by atoms with Gasteiger partial charge in [0, 0.05) is 0 Å². The van der Waals surface area contributed by atoms with Crippen LogP contribution in [-0.4, -0.2) is 37.5 Å². The van der Waals surface area contributed by atoms with Crippen LogP contribution in [0.1, 0.15) is 52.9 Å². The van der Waals surface area contributed by atoms with Gasteiger partial charge in [0.1, 0.15) is 0 Å². The summed E-state index contributed by atoms with van der Waals surface area (Å²) in [4.78, 5) is 23.4. The van der Waals surface area contributed by atoms with Crippen molar-refractivity contribution in [2.45, 2.75) is 65.2 Å². The molecule has 0 saturated heterocycles. The molecule has 0 bridgehead atoms. The third-order valence-corrected chi connectivity index (χ3v) is 3.22. The molecule has 8 heteroatoms. The zero-order valence-corrected chi connectivity index (χ0v) is 13.7. The minimum atomic E-state index is -4.45. The van der Waals surface area contributed by atoms with Crippen LogP contribution in [0, 0.1) is 5.41 Å². The van der Waals surface area contributed by atoms with Gasteiger partial charge in [0.05, 0.1) is 6.61 Å². The van der Waals surface area contributed by atoms with Crippen LogP contribution in [0.3, 0.4) is 0 Å². The second-order valence-electron chi connectivity index (χ2n) is 5.81. The minimum Gasteiger partial charge on any atom is -0.465 e. The number of ether oxygens (including phenoxy) is 2. The normalized spacial score (nSPS) is 12.3. The van der Waals surface area contributed by atoms with Gasteiger partial charge in [0.2, 0.25) is 0 Å². The molecular formula is C15H24F4O4. The van der Waals surface area contributed by atoms with E-state index in [0.717, 1.165) is 39.5 Å². The Kier molecular flexibility index (Phi) is 9.16. The van der Waals surface area contributed by atoms with Crippen molar-refractivity contribution < 1.29 is 36.6 Å². The zero-order chi connectivity index (χ0) is 18.1. The molecule has 0 aliphatic rings. The Hall–Kier alpha value is -1.34. The van der Waals surface area contributed by atoms with E-state index >= 15 is 0 Å². The van der Waals surface area contributed by atoms with E-state index in [0.29, 0.717) is 6.42 Å². The lowest BCUT2D eigenvalue weighted by molar-refractivity contribution is -0.190. The van der Waals surface area contributed by atoms with Gasteiger partial charge in [-0.05, 0) is 20.3 Å². The first-order valence-electron chi connectivity index (χ1n) is 7.56. The lowest BCUT2D eigenvalue weighted by Crippen LogP contribution is -2.40. The molecule has 0 fully saturated rings. The van der Waals surface area contributed by atoms with Crippen molar-refractivity contribution >= 4 is 11.9 Å². The van der Waals surface area contributed by atoms with E-state index in [2.05, 4.69) is 11.7 Å². The number of alkyl halides is 4. The lowest BCUT2D eigenvalue weighted by atomic mass is 9.94. The summed E-state index contributed by atoms with van der Waals surface area (Å²) in [6.07, 6.45) is 0.690. The SMILES string of the molecule is CCCCCCCOC(=O)C(C)(C)C(=O)OCC(F)(F)C(F)F. The molecule has 0 aromatic carbocycles. The largest absolute Gasteiger partial charge is 0.465 e. The molecule has 0 N–H and O–H groups in total. The minimum absolute atomic E-state index is 0.104. The Morgan fingerprint density at radius 1 is 0.957 bits per heavy atom. The second-order valence-corrected chi connectivity index (χ2v) is 5.81. The maximum atomic E-state index is 12.7. The van der Waals surface area contributed by atoms with Crippen LogP contribution in [0.5, 0.6) is 0 Å². The molecular weight excluding hydrogens is 320 g/mol. The van der Waals surface area contributed by atoms with Crippen molar-refractivity contribution in [1.29, 1.82) is 0 Å². The first-order valence-corrected chi connectivity index (χ1v) is 7.56. The van der Waals surface area contributed by atoms with Gasteiger partial charge < -0.3 is 9.47 Å². The molecule has 0 spiro atoms. The second kappa shape index (κ2) is 9.72. The van der Waals surface area contributed by atoms with Crippen molar-refractivity contribution in [2.24, 2.45) is 5.41 Å². The number of hydrogen-bond acceptors (Lipinski definition) is 4. The highest BCUT2D eigenvalue weighted by Gasteiger charge is 2.45. The van der Waals surface area contributed by atoms with Crippen LogP contribution in [-0.2, 0) is 19.1 Å². The molecule has 23 heavy (non-hydrogen) atoms. The highest BCUT2D eigenvalue weighted by molar-refractivity contribution is 5.99. The maximum Gasteiger partial charge on any atom is 0.340 e. The van der Waals surface area contributed by atoms with E-state index in [1.54, 1.807) is 0 Å².